The molecule has 1 atom stereocenters. The van der Waals surface area contributed by atoms with Crippen LogP contribution >= 0.6 is 0 Å². The van der Waals surface area contributed by atoms with E-state index in [0.717, 1.165) is 5.56 Å². The van der Waals surface area contributed by atoms with E-state index in [-0.39, 0.29) is 11.0 Å². The van der Waals surface area contributed by atoms with Crippen molar-refractivity contribution in [1.82, 2.24) is 9.88 Å². The van der Waals surface area contributed by atoms with Crippen molar-refractivity contribution in [3.05, 3.63) is 65.4 Å². The SMILES string of the molecule is Cc1ccc(S(=O)(=O)Oc2c3c(nc4ccccc24)C(C)(C)OC3CN(C)C)cc1. The third-order valence-corrected chi connectivity index (χ3v) is 6.48. The highest BCUT2D eigenvalue weighted by Gasteiger charge is 2.43. The molecule has 0 saturated carbocycles. The summed E-state index contributed by atoms with van der Waals surface area (Å²) >= 11 is 0. The molecule has 0 spiro atoms. The van der Waals surface area contributed by atoms with Crippen molar-refractivity contribution < 1.29 is 17.3 Å². The number of para-hydroxylation sites is 1. The molecule has 3 aromatic rings. The van der Waals surface area contributed by atoms with Crippen LogP contribution in [0.15, 0.2) is 53.4 Å². The fourth-order valence-electron chi connectivity index (χ4n) is 3.84. The second kappa shape index (κ2) is 7.34. The number of likely N-dealkylation sites (N-methyl/N-ethyl adjacent to an activating group) is 1. The average Bonchev–Trinajstić information content (AvgIpc) is 2.91. The number of hydrogen-bond donors (Lipinski definition) is 0. The number of aryl methyl sites for hydroxylation is 1. The minimum atomic E-state index is -4.03. The number of ether oxygens (including phenoxy) is 1. The van der Waals surface area contributed by atoms with Gasteiger partial charge in [0.15, 0.2) is 5.75 Å². The lowest BCUT2D eigenvalue weighted by Gasteiger charge is -2.21. The molecule has 0 aliphatic carbocycles. The molecule has 30 heavy (non-hydrogen) atoms. The molecule has 6 nitrogen and oxygen atoms in total. The molecule has 2 heterocycles. The quantitative estimate of drug-likeness (QED) is 0.570. The largest absolute Gasteiger partial charge is 0.378 e. The molecule has 0 amide bonds. The van der Waals surface area contributed by atoms with Crippen LogP contribution in [0.25, 0.3) is 10.9 Å². The minimum Gasteiger partial charge on any atom is -0.378 e. The number of benzene rings is 2. The Balaban J connectivity index is 1.93. The lowest BCUT2D eigenvalue weighted by atomic mass is 9.97. The minimum absolute atomic E-state index is 0.116. The Morgan fingerprint density at radius 1 is 1.10 bits per heavy atom. The molecule has 0 fully saturated rings. The Kier molecular flexibility index (Phi) is 5.08. The Labute approximate surface area is 177 Å². The molecule has 0 radical (unpaired) electrons. The van der Waals surface area contributed by atoms with E-state index in [1.807, 2.05) is 64.0 Å². The second-order valence-electron chi connectivity index (χ2n) is 8.45. The molecule has 2 aromatic carbocycles. The zero-order chi connectivity index (χ0) is 21.7. The summed E-state index contributed by atoms with van der Waals surface area (Å²) in [6.07, 6.45) is -0.356. The highest BCUT2D eigenvalue weighted by Crippen LogP contribution is 2.49. The second-order valence-corrected chi connectivity index (χ2v) is 10.00. The van der Waals surface area contributed by atoms with Gasteiger partial charge in [-0.1, -0.05) is 29.8 Å². The number of rotatable bonds is 5. The third-order valence-electron chi connectivity index (χ3n) is 5.24. The molecular formula is C23H26N2O4S. The molecule has 1 aromatic heterocycles. The van der Waals surface area contributed by atoms with E-state index in [0.29, 0.717) is 34.5 Å². The van der Waals surface area contributed by atoms with Gasteiger partial charge in [0, 0.05) is 11.9 Å². The number of aromatic nitrogens is 1. The van der Waals surface area contributed by atoms with Gasteiger partial charge in [0.25, 0.3) is 0 Å². The number of hydrogen-bond acceptors (Lipinski definition) is 6. The molecule has 0 saturated heterocycles. The summed E-state index contributed by atoms with van der Waals surface area (Å²) in [7, 11) is -0.128. The van der Waals surface area contributed by atoms with Crippen LogP contribution in [-0.4, -0.2) is 38.9 Å². The van der Waals surface area contributed by atoms with Crippen molar-refractivity contribution >= 4 is 21.0 Å². The van der Waals surface area contributed by atoms with Gasteiger partial charge in [0.1, 0.15) is 16.6 Å². The molecule has 1 aliphatic rings. The van der Waals surface area contributed by atoms with Crippen LogP contribution in [-0.2, 0) is 20.5 Å². The van der Waals surface area contributed by atoms with Crippen molar-refractivity contribution in [2.24, 2.45) is 0 Å². The maximum absolute atomic E-state index is 13.2. The van der Waals surface area contributed by atoms with E-state index in [1.54, 1.807) is 24.3 Å². The van der Waals surface area contributed by atoms with E-state index in [9.17, 15) is 8.42 Å². The maximum Gasteiger partial charge on any atom is 0.339 e. The van der Waals surface area contributed by atoms with Gasteiger partial charge >= 0.3 is 10.1 Å². The molecule has 1 aliphatic heterocycles. The third kappa shape index (κ3) is 3.69. The van der Waals surface area contributed by atoms with Crippen LogP contribution in [0.3, 0.4) is 0 Å². The van der Waals surface area contributed by atoms with Crippen LogP contribution in [0, 0.1) is 6.92 Å². The van der Waals surface area contributed by atoms with Crippen LogP contribution in [0.1, 0.15) is 36.8 Å². The maximum atomic E-state index is 13.2. The Bertz CT molecular complexity index is 1200. The summed E-state index contributed by atoms with van der Waals surface area (Å²) in [5.41, 5.74) is 2.40. The van der Waals surface area contributed by atoms with E-state index < -0.39 is 15.7 Å². The Morgan fingerprint density at radius 3 is 2.43 bits per heavy atom. The highest BCUT2D eigenvalue weighted by atomic mass is 32.2. The van der Waals surface area contributed by atoms with Gasteiger partial charge in [-0.05, 0) is 59.1 Å². The summed E-state index contributed by atoms with van der Waals surface area (Å²) in [6.45, 7) is 6.38. The summed E-state index contributed by atoms with van der Waals surface area (Å²) < 4.78 is 38.4. The molecular weight excluding hydrogens is 400 g/mol. The van der Waals surface area contributed by atoms with Gasteiger partial charge in [-0.15, -0.1) is 0 Å². The standard InChI is InChI=1S/C23H26N2O4S/c1-15-10-12-16(13-11-15)30(26,27)29-21-17-8-6-7-9-18(17)24-22-20(21)19(14-25(4)5)28-23(22,2)3/h6-13,19H,14H2,1-5H3. The lowest BCUT2D eigenvalue weighted by molar-refractivity contribution is -0.0614. The van der Waals surface area contributed by atoms with Gasteiger partial charge in [-0.3, -0.25) is 0 Å². The highest BCUT2D eigenvalue weighted by molar-refractivity contribution is 7.87. The summed E-state index contributed by atoms with van der Waals surface area (Å²) in [5, 5.41) is 0.650. The van der Waals surface area contributed by atoms with E-state index >= 15 is 0 Å². The molecule has 4 rings (SSSR count). The molecule has 7 heteroatoms. The normalized spacial score (nSPS) is 18.0. The number of nitrogens with zero attached hydrogens (tertiary/aromatic N) is 2. The van der Waals surface area contributed by atoms with Gasteiger partial charge < -0.3 is 13.8 Å². The van der Waals surface area contributed by atoms with Crippen molar-refractivity contribution in [1.29, 1.82) is 0 Å². The molecule has 0 bridgehead atoms. The first kappa shape index (κ1) is 20.8. The average molecular weight is 427 g/mol. The summed E-state index contributed by atoms with van der Waals surface area (Å²) in [4.78, 5) is 6.94. The predicted molar refractivity (Wildman–Crippen MR) is 116 cm³/mol. The molecule has 1 unspecified atom stereocenters. The van der Waals surface area contributed by atoms with Crippen LogP contribution in [0.5, 0.6) is 5.75 Å². The lowest BCUT2D eigenvalue weighted by Crippen LogP contribution is -2.23. The monoisotopic (exact) mass is 426 g/mol. The fourth-order valence-corrected chi connectivity index (χ4v) is 4.80. The zero-order valence-corrected chi connectivity index (χ0v) is 18.7. The fraction of sp³-hybridized carbons (Fsp3) is 0.348. The van der Waals surface area contributed by atoms with E-state index in [1.165, 1.54) is 0 Å². The van der Waals surface area contributed by atoms with Crippen molar-refractivity contribution in [2.45, 2.75) is 37.4 Å². The van der Waals surface area contributed by atoms with Crippen molar-refractivity contribution in [3.63, 3.8) is 0 Å². The van der Waals surface area contributed by atoms with Gasteiger partial charge in [-0.25, -0.2) is 4.98 Å². The van der Waals surface area contributed by atoms with Crippen LogP contribution in [0.4, 0.5) is 0 Å². The van der Waals surface area contributed by atoms with Gasteiger partial charge in [0.2, 0.25) is 0 Å². The van der Waals surface area contributed by atoms with E-state index in [4.69, 9.17) is 13.9 Å². The first-order valence-corrected chi connectivity index (χ1v) is 11.3. The summed E-state index contributed by atoms with van der Waals surface area (Å²) in [5.74, 6) is 0.300. The van der Waals surface area contributed by atoms with Gasteiger partial charge in [0.05, 0.1) is 16.8 Å². The topological polar surface area (TPSA) is 68.7 Å². The zero-order valence-electron chi connectivity index (χ0n) is 17.8. The van der Waals surface area contributed by atoms with Crippen LogP contribution in [0.2, 0.25) is 0 Å². The van der Waals surface area contributed by atoms with Gasteiger partial charge in [-0.2, -0.15) is 8.42 Å². The predicted octanol–water partition coefficient (Wildman–Crippen LogP) is 4.18. The smallest absolute Gasteiger partial charge is 0.339 e. The number of pyridine rings is 1. The van der Waals surface area contributed by atoms with Crippen LogP contribution < -0.4 is 4.18 Å². The van der Waals surface area contributed by atoms with E-state index in [2.05, 4.69) is 0 Å². The van der Waals surface area contributed by atoms with Crippen molar-refractivity contribution in [2.75, 3.05) is 20.6 Å². The first-order valence-electron chi connectivity index (χ1n) is 9.85. The molecule has 158 valence electrons. The molecule has 0 N–H and O–H groups in total. The summed E-state index contributed by atoms with van der Waals surface area (Å²) in [6, 6.07) is 14.1. The first-order chi connectivity index (χ1) is 14.1. The van der Waals surface area contributed by atoms with Crippen molar-refractivity contribution in [3.8, 4) is 5.75 Å². The Morgan fingerprint density at radius 2 is 1.77 bits per heavy atom. The number of fused-ring (bicyclic) bond motifs is 2. The Hall–Kier alpha value is -2.48.